The zero-order chi connectivity index (χ0) is 22.6. The smallest absolute Gasteiger partial charge is 0.376 e. The van der Waals surface area contributed by atoms with Gasteiger partial charge in [-0.25, -0.2) is 4.57 Å². The molecule has 1 atom stereocenters. The fraction of sp³-hybridized carbons (Fsp3) is 0.286. The number of nitrogens with zero attached hydrogens (tertiary/aromatic N) is 1. The Kier molecular flexibility index (Phi) is 7.10. The van der Waals surface area contributed by atoms with Crippen molar-refractivity contribution in [2.75, 3.05) is 34.6 Å². The van der Waals surface area contributed by atoms with Gasteiger partial charge in [-0.2, -0.15) is 4.37 Å². The average molecular weight is 465 g/mol. The van der Waals surface area contributed by atoms with Crippen LogP contribution < -0.4 is 23.5 Å². The fourth-order valence-corrected chi connectivity index (χ4v) is 4.22. The lowest BCUT2D eigenvalue weighted by Gasteiger charge is -2.15. The second-order valence-electron chi connectivity index (χ2n) is 6.40. The molecule has 0 saturated carbocycles. The van der Waals surface area contributed by atoms with Gasteiger partial charge in [0.1, 0.15) is 11.5 Å². The van der Waals surface area contributed by atoms with Gasteiger partial charge in [0.15, 0.2) is 11.5 Å². The predicted octanol–water partition coefficient (Wildman–Crippen LogP) is 5.10. The Balaban J connectivity index is 2.06. The summed E-state index contributed by atoms with van der Waals surface area (Å²) in [5, 5.41) is 0. The molecule has 1 N–H and O–H groups in total. The number of rotatable bonds is 9. The Morgan fingerprint density at radius 3 is 2.16 bits per heavy atom. The van der Waals surface area contributed by atoms with Crippen molar-refractivity contribution in [3.63, 3.8) is 0 Å². The Morgan fingerprint density at radius 2 is 1.61 bits per heavy atom. The van der Waals surface area contributed by atoms with E-state index in [1.165, 1.54) is 18.6 Å². The van der Waals surface area contributed by atoms with E-state index in [0.29, 0.717) is 34.3 Å². The molecule has 31 heavy (non-hydrogen) atoms. The molecule has 3 aromatic rings. The van der Waals surface area contributed by atoms with E-state index in [9.17, 15) is 9.46 Å². The van der Waals surface area contributed by atoms with E-state index >= 15 is 0 Å². The SMILES string of the molecule is CCP(=O)(O)Oc1cc(OC)ccc1-c1cc(-c2cc(OC)c(OC)c(OC)c2)sn1. The van der Waals surface area contributed by atoms with Crippen molar-refractivity contribution in [2.24, 2.45) is 0 Å². The maximum absolute atomic E-state index is 12.2. The lowest BCUT2D eigenvalue weighted by atomic mass is 10.1. The number of benzene rings is 2. The monoisotopic (exact) mass is 465 g/mol. The Hall–Kier alpha value is -2.74. The van der Waals surface area contributed by atoms with Crippen LogP contribution in [0.4, 0.5) is 0 Å². The quantitative estimate of drug-likeness (QED) is 0.436. The molecule has 10 heteroatoms. The maximum Gasteiger partial charge on any atom is 0.376 e. The lowest BCUT2D eigenvalue weighted by Crippen LogP contribution is -1.97. The van der Waals surface area contributed by atoms with Crippen LogP contribution in [0.1, 0.15) is 6.92 Å². The average Bonchev–Trinajstić information content (AvgIpc) is 3.27. The van der Waals surface area contributed by atoms with Crippen LogP contribution >= 0.6 is 19.1 Å². The van der Waals surface area contributed by atoms with Gasteiger partial charge in [-0.05, 0) is 41.9 Å². The van der Waals surface area contributed by atoms with Gasteiger partial charge < -0.3 is 28.4 Å². The number of hydrogen-bond acceptors (Lipinski definition) is 8. The molecule has 0 spiro atoms. The van der Waals surface area contributed by atoms with E-state index in [2.05, 4.69) is 4.37 Å². The van der Waals surface area contributed by atoms with Crippen LogP contribution in [0.5, 0.6) is 28.7 Å². The molecule has 0 aliphatic rings. The summed E-state index contributed by atoms with van der Waals surface area (Å²) in [4.78, 5) is 10.8. The summed E-state index contributed by atoms with van der Waals surface area (Å²) in [5.74, 6) is 2.31. The molecule has 3 rings (SSSR count). The molecule has 0 radical (unpaired) electrons. The van der Waals surface area contributed by atoms with E-state index in [4.69, 9.17) is 23.5 Å². The highest BCUT2D eigenvalue weighted by atomic mass is 32.1. The molecular formula is C21H24NO7PS. The highest BCUT2D eigenvalue weighted by Crippen LogP contribution is 2.47. The molecular weight excluding hydrogens is 441 g/mol. The van der Waals surface area contributed by atoms with Gasteiger partial charge >= 0.3 is 7.60 Å². The lowest BCUT2D eigenvalue weighted by molar-refractivity contribution is 0.324. The third-order valence-corrected chi connectivity index (χ3v) is 6.68. The molecule has 2 aromatic carbocycles. The van der Waals surface area contributed by atoms with Crippen LogP contribution in [0.2, 0.25) is 0 Å². The van der Waals surface area contributed by atoms with Crippen molar-refractivity contribution in [1.82, 2.24) is 4.37 Å². The predicted molar refractivity (Wildman–Crippen MR) is 120 cm³/mol. The van der Waals surface area contributed by atoms with Crippen LogP contribution in [0.3, 0.4) is 0 Å². The van der Waals surface area contributed by atoms with Crippen molar-refractivity contribution in [2.45, 2.75) is 6.92 Å². The van der Waals surface area contributed by atoms with Gasteiger partial charge in [0.25, 0.3) is 0 Å². The minimum atomic E-state index is -3.78. The Morgan fingerprint density at radius 1 is 0.935 bits per heavy atom. The molecule has 1 unspecified atom stereocenters. The van der Waals surface area contributed by atoms with Crippen molar-refractivity contribution in [3.8, 4) is 50.4 Å². The largest absolute Gasteiger partial charge is 0.497 e. The van der Waals surface area contributed by atoms with Gasteiger partial charge in [0.2, 0.25) is 5.75 Å². The topological polar surface area (TPSA) is 96.3 Å². The molecule has 0 fully saturated rings. The zero-order valence-corrected chi connectivity index (χ0v) is 19.6. The van der Waals surface area contributed by atoms with Gasteiger partial charge in [-0.1, -0.05) is 6.92 Å². The third-order valence-electron chi connectivity index (χ3n) is 4.56. The van der Waals surface area contributed by atoms with Crippen molar-refractivity contribution in [3.05, 3.63) is 36.4 Å². The molecule has 166 valence electrons. The molecule has 0 saturated heterocycles. The van der Waals surface area contributed by atoms with Gasteiger partial charge in [-0.15, -0.1) is 0 Å². The first kappa shape index (κ1) is 22.9. The fourth-order valence-electron chi connectivity index (χ4n) is 2.90. The third kappa shape index (κ3) is 4.95. The highest BCUT2D eigenvalue weighted by molar-refractivity contribution is 7.53. The minimum Gasteiger partial charge on any atom is -0.497 e. The summed E-state index contributed by atoms with van der Waals surface area (Å²) >= 11 is 1.27. The Bertz CT molecular complexity index is 1090. The van der Waals surface area contributed by atoms with Crippen LogP contribution in [0.15, 0.2) is 36.4 Å². The summed E-state index contributed by atoms with van der Waals surface area (Å²) in [5.41, 5.74) is 2.01. The summed E-state index contributed by atoms with van der Waals surface area (Å²) in [6.45, 7) is 1.59. The van der Waals surface area contributed by atoms with Crippen molar-refractivity contribution < 1.29 is 32.9 Å². The van der Waals surface area contributed by atoms with E-state index in [1.807, 2.05) is 18.2 Å². The van der Waals surface area contributed by atoms with Crippen LogP contribution in [0, 0.1) is 0 Å². The highest BCUT2D eigenvalue weighted by Gasteiger charge is 2.22. The van der Waals surface area contributed by atoms with Crippen molar-refractivity contribution >= 4 is 19.1 Å². The molecule has 0 amide bonds. The molecule has 0 aliphatic heterocycles. The normalized spacial score (nSPS) is 12.7. The molecule has 0 bridgehead atoms. The number of methoxy groups -OCH3 is 4. The first-order valence-electron chi connectivity index (χ1n) is 9.32. The van der Waals surface area contributed by atoms with Gasteiger partial charge in [0, 0.05) is 17.2 Å². The van der Waals surface area contributed by atoms with E-state index < -0.39 is 7.60 Å². The summed E-state index contributed by atoms with van der Waals surface area (Å²) in [6, 6.07) is 10.6. The van der Waals surface area contributed by atoms with E-state index in [0.717, 1.165) is 10.4 Å². The maximum atomic E-state index is 12.2. The zero-order valence-electron chi connectivity index (χ0n) is 17.9. The van der Waals surface area contributed by atoms with E-state index in [1.54, 1.807) is 46.5 Å². The number of ether oxygens (including phenoxy) is 4. The van der Waals surface area contributed by atoms with Gasteiger partial charge in [0.05, 0.1) is 45.2 Å². The van der Waals surface area contributed by atoms with Crippen LogP contribution in [0.25, 0.3) is 21.7 Å². The minimum absolute atomic E-state index is 0.0165. The first-order valence-corrected chi connectivity index (χ1v) is 11.9. The molecule has 8 nitrogen and oxygen atoms in total. The van der Waals surface area contributed by atoms with E-state index in [-0.39, 0.29) is 11.9 Å². The van der Waals surface area contributed by atoms with Crippen molar-refractivity contribution in [1.29, 1.82) is 0 Å². The second-order valence-corrected chi connectivity index (χ2v) is 9.29. The van der Waals surface area contributed by atoms with Crippen LogP contribution in [-0.4, -0.2) is 43.9 Å². The summed E-state index contributed by atoms with van der Waals surface area (Å²) < 4.78 is 43.6. The first-order chi connectivity index (χ1) is 14.8. The van der Waals surface area contributed by atoms with Crippen LogP contribution in [-0.2, 0) is 4.57 Å². The summed E-state index contributed by atoms with van der Waals surface area (Å²) in [6.07, 6.45) is -0.0165. The number of aromatic nitrogens is 1. The second kappa shape index (κ2) is 9.60. The molecule has 0 aliphatic carbocycles. The molecule has 1 aromatic heterocycles. The van der Waals surface area contributed by atoms with Gasteiger partial charge in [-0.3, -0.25) is 0 Å². The Labute approximate surface area is 185 Å². The molecule has 1 heterocycles. The number of hydrogen-bond donors (Lipinski definition) is 1. The summed E-state index contributed by atoms with van der Waals surface area (Å²) in [7, 11) is 2.40. The standard InChI is InChI=1S/C21H24NO7PS/c1-6-30(23,24)29-17-11-14(25-2)7-8-15(17)16-12-20(31-22-16)13-9-18(26-3)21(28-5)19(10-13)27-4/h7-12H,6H2,1-5H3,(H,23,24).